The van der Waals surface area contributed by atoms with Crippen molar-refractivity contribution in [3.63, 3.8) is 0 Å². The van der Waals surface area contributed by atoms with Crippen LogP contribution in [0, 0.1) is 0 Å². The van der Waals surface area contributed by atoms with Crippen molar-refractivity contribution in [1.82, 2.24) is 4.57 Å². The molecule has 0 atom stereocenters. The number of hydrogen-bond acceptors (Lipinski definition) is 1. The lowest BCUT2D eigenvalue weighted by Gasteiger charge is -2.16. The maximum atomic E-state index is 3.53. The molecular formula is C36H30N2. The van der Waals surface area contributed by atoms with Crippen LogP contribution in [0.15, 0.2) is 127 Å². The van der Waals surface area contributed by atoms with Gasteiger partial charge >= 0.3 is 0 Å². The van der Waals surface area contributed by atoms with Crippen LogP contribution in [0.1, 0.15) is 24.1 Å². The van der Waals surface area contributed by atoms with Gasteiger partial charge in [0.15, 0.2) is 0 Å². The molecule has 1 aromatic heterocycles. The van der Waals surface area contributed by atoms with E-state index in [1.807, 2.05) is 6.07 Å². The fraction of sp³-hybridized carbons (Fsp3) is 0.111. The minimum absolute atomic E-state index is 1.09. The van der Waals surface area contributed by atoms with Crippen LogP contribution in [0.2, 0.25) is 0 Å². The summed E-state index contributed by atoms with van der Waals surface area (Å²) >= 11 is 0. The summed E-state index contributed by atoms with van der Waals surface area (Å²) in [6.45, 7) is 0. The van der Waals surface area contributed by atoms with E-state index in [4.69, 9.17) is 0 Å². The first-order valence-electron chi connectivity index (χ1n) is 13.6. The second kappa shape index (κ2) is 9.72. The fourth-order valence-corrected chi connectivity index (χ4v) is 5.88. The van der Waals surface area contributed by atoms with Gasteiger partial charge in [-0.3, -0.25) is 0 Å². The first-order valence-corrected chi connectivity index (χ1v) is 13.6. The van der Waals surface area contributed by atoms with Crippen molar-refractivity contribution in [1.29, 1.82) is 0 Å². The van der Waals surface area contributed by atoms with E-state index in [0.717, 1.165) is 17.8 Å². The lowest BCUT2D eigenvalue weighted by molar-refractivity contribution is 0.667. The van der Waals surface area contributed by atoms with E-state index in [0.29, 0.717) is 0 Å². The molecule has 1 aliphatic carbocycles. The molecule has 6 aromatic rings. The van der Waals surface area contributed by atoms with Crippen LogP contribution < -0.4 is 5.32 Å². The third kappa shape index (κ3) is 4.18. The molecule has 0 saturated heterocycles. The summed E-state index contributed by atoms with van der Waals surface area (Å²) in [5.74, 6) is 0. The van der Waals surface area contributed by atoms with E-state index in [1.54, 1.807) is 5.56 Å². The number of anilines is 2. The maximum absolute atomic E-state index is 3.53. The Balaban J connectivity index is 1.10. The number of nitrogens with one attached hydrogen (secondary N) is 1. The number of aromatic nitrogens is 1. The van der Waals surface area contributed by atoms with Gasteiger partial charge in [-0.1, -0.05) is 84.9 Å². The molecule has 0 bridgehead atoms. The second-order valence-corrected chi connectivity index (χ2v) is 10.2. The molecule has 0 aliphatic heterocycles. The highest BCUT2D eigenvalue weighted by molar-refractivity contribution is 5.88. The van der Waals surface area contributed by atoms with E-state index >= 15 is 0 Å². The van der Waals surface area contributed by atoms with Crippen LogP contribution in [0.5, 0.6) is 0 Å². The zero-order valence-electron chi connectivity index (χ0n) is 21.4. The lowest BCUT2D eigenvalue weighted by atomic mass is 9.95. The summed E-state index contributed by atoms with van der Waals surface area (Å²) in [7, 11) is 0. The van der Waals surface area contributed by atoms with Crippen LogP contribution in [0.3, 0.4) is 0 Å². The van der Waals surface area contributed by atoms with Crippen LogP contribution in [0.4, 0.5) is 11.4 Å². The van der Waals surface area contributed by atoms with E-state index in [9.17, 15) is 0 Å². The van der Waals surface area contributed by atoms with Crippen LogP contribution in [0.25, 0.3) is 38.8 Å². The maximum Gasteiger partial charge on any atom is 0.0534 e. The molecule has 0 amide bonds. The number of aryl methyl sites for hydroxylation is 1. The van der Waals surface area contributed by atoms with Gasteiger partial charge in [0, 0.05) is 28.1 Å². The van der Waals surface area contributed by atoms with Crippen molar-refractivity contribution in [2.24, 2.45) is 0 Å². The number of rotatable bonds is 5. The van der Waals surface area contributed by atoms with Gasteiger partial charge in [-0.25, -0.2) is 0 Å². The van der Waals surface area contributed by atoms with Crippen molar-refractivity contribution in [2.45, 2.75) is 25.7 Å². The molecule has 0 spiro atoms. The number of para-hydroxylation sites is 1. The Labute approximate surface area is 224 Å². The summed E-state index contributed by atoms with van der Waals surface area (Å²) in [5.41, 5.74) is 12.7. The van der Waals surface area contributed by atoms with Gasteiger partial charge in [-0.15, -0.1) is 0 Å². The van der Waals surface area contributed by atoms with Gasteiger partial charge < -0.3 is 9.88 Å². The zero-order valence-corrected chi connectivity index (χ0v) is 21.4. The van der Waals surface area contributed by atoms with Gasteiger partial charge in [0.05, 0.1) is 5.52 Å². The highest BCUT2D eigenvalue weighted by Crippen LogP contribution is 2.35. The van der Waals surface area contributed by atoms with Crippen molar-refractivity contribution in [3.8, 4) is 27.9 Å². The largest absolute Gasteiger partial charge is 0.356 e. The summed E-state index contributed by atoms with van der Waals surface area (Å²) in [6, 6.07) is 45.7. The smallest absolute Gasteiger partial charge is 0.0534 e. The van der Waals surface area contributed by atoms with Crippen LogP contribution in [-0.2, 0) is 12.8 Å². The molecule has 0 fully saturated rings. The Morgan fingerprint density at radius 3 is 1.66 bits per heavy atom. The van der Waals surface area contributed by atoms with Crippen molar-refractivity contribution in [3.05, 3.63) is 139 Å². The minimum atomic E-state index is 1.09. The van der Waals surface area contributed by atoms with Crippen molar-refractivity contribution in [2.75, 3.05) is 5.32 Å². The molecule has 7 rings (SSSR count). The normalized spacial score (nSPS) is 12.8. The predicted molar refractivity (Wildman–Crippen MR) is 161 cm³/mol. The van der Waals surface area contributed by atoms with Crippen LogP contribution >= 0.6 is 0 Å². The Bertz CT molecular complexity index is 1690. The van der Waals surface area contributed by atoms with Crippen molar-refractivity contribution >= 4 is 22.3 Å². The van der Waals surface area contributed by atoms with Gasteiger partial charge in [0.1, 0.15) is 0 Å². The van der Waals surface area contributed by atoms with E-state index in [-0.39, 0.29) is 0 Å². The molecule has 184 valence electrons. The molecule has 0 saturated carbocycles. The SMILES string of the molecule is c1ccc(-c2ccc(Nc3ccc(-c4ccc(-n5c6c(c7ccccc75)CCCC6)cc4)cc3)cc2)cc1. The molecule has 0 unspecified atom stereocenters. The zero-order chi connectivity index (χ0) is 25.3. The number of fused-ring (bicyclic) bond motifs is 3. The molecule has 1 aliphatic rings. The monoisotopic (exact) mass is 490 g/mol. The second-order valence-electron chi connectivity index (χ2n) is 10.2. The molecular weight excluding hydrogens is 460 g/mol. The molecule has 0 radical (unpaired) electrons. The summed E-state index contributed by atoms with van der Waals surface area (Å²) in [6.07, 6.45) is 4.93. The van der Waals surface area contributed by atoms with Crippen LogP contribution in [-0.4, -0.2) is 4.57 Å². The molecule has 5 aromatic carbocycles. The van der Waals surface area contributed by atoms with E-state index in [2.05, 4.69) is 131 Å². The highest BCUT2D eigenvalue weighted by Gasteiger charge is 2.20. The molecule has 38 heavy (non-hydrogen) atoms. The van der Waals surface area contributed by atoms with Gasteiger partial charge in [-0.05, 0) is 96.0 Å². The fourth-order valence-electron chi connectivity index (χ4n) is 5.88. The standard InChI is InChI=1S/C36H30N2/c1-2-8-26(9-3-1)27-14-20-30(21-15-27)37-31-22-16-28(17-23-31)29-18-24-32(25-19-29)38-35-12-6-4-10-33(35)34-11-5-7-13-36(34)38/h1-4,6,8-10,12,14-25,37H,5,7,11,13H2. The molecule has 1 N–H and O–H groups in total. The quantitative estimate of drug-likeness (QED) is 0.254. The number of hydrogen-bond donors (Lipinski definition) is 1. The highest BCUT2D eigenvalue weighted by atomic mass is 15.0. The van der Waals surface area contributed by atoms with Gasteiger partial charge in [0.25, 0.3) is 0 Å². The van der Waals surface area contributed by atoms with Gasteiger partial charge in [-0.2, -0.15) is 0 Å². The van der Waals surface area contributed by atoms with Crippen molar-refractivity contribution < 1.29 is 0 Å². The van der Waals surface area contributed by atoms with E-state index < -0.39 is 0 Å². The number of benzene rings is 5. The minimum Gasteiger partial charge on any atom is -0.356 e. The van der Waals surface area contributed by atoms with Gasteiger partial charge in [0.2, 0.25) is 0 Å². The third-order valence-electron chi connectivity index (χ3n) is 7.80. The Morgan fingerprint density at radius 2 is 1.00 bits per heavy atom. The Kier molecular flexibility index (Phi) is 5.79. The van der Waals surface area contributed by atoms with E-state index in [1.165, 1.54) is 63.8 Å². The summed E-state index contributed by atoms with van der Waals surface area (Å²) in [5, 5.41) is 4.95. The average molecular weight is 491 g/mol. The Morgan fingerprint density at radius 1 is 0.474 bits per heavy atom. The predicted octanol–water partition coefficient (Wildman–Crippen LogP) is 9.59. The molecule has 2 nitrogen and oxygen atoms in total. The Hall–Kier alpha value is -4.56. The first-order chi connectivity index (χ1) is 18.8. The average Bonchev–Trinajstić information content (AvgIpc) is 3.33. The topological polar surface area (TPSA) is 17.0 Å². The molecule has 1 heterocycles. The lowest BCUT2D eigenvalue weighted by Crippen LogP contribution is -2.06. The summed E-state index contributed by atoms with van der Waals surface area (Å²) in [4.78, 5) is 0. The summed E-state index contributed by atoms with van der Waals surface area (Å²) < 4.78 is 2.49. The first kappa shape index (κ1) is 22.6. The number of nitrogens with zero attached hydrogens (tertiary/aromatic N) is 1. The molecule has 2 heteroatoms. The third-order valence-corrected chi connectivity index (χ3v) is 7.80.